The number of halogens is 1. The highest BCUT2D eigenvalue weighted by atomic mass is 35.5. The van der Waals surface area contributed by atoms with Gasteiger partial charge >= 0.3 is 0 Å². The topological polar surface area (TPSA) is 24.9 Å². The van der Waals surface area contributed by atoms with E-state index < -0.39 is 0 Å². The molecular formula is C9H11ClN2. The lowest BCUT2D eigenvalue weighted by atomic mass is 10.3. The summed E-state index contributed by atoms with van der Waals surface area (Å²) in [5.41, 5.74) is 1.15. The SMILES string of the molecule is C=C(Cl)CNCc1cccnc1. The third-order valence-electron chi connectivity index (χ3n) is 1.37. The Labute approximate surface area is 77.3 Å². The maximum absolute atomic E-state index is 5.57. The predicted octanol–water partition coefficient (Wildman–Crippen LogP) is 1.92. The molecule has 0 unspecified atom stereocenters. The van der Waals surface area contributed by atoms with Crippen molar-refractivity contribution in [3.05, 3.63) is 41.7 Å². The first-order valence-electron chi connectivity index (χ1n) is 3.72. The van der Waals surface area contributed by atoms with E-state index in [4.69, 9.17) is 11.6 Å². The molecule has 0 atom stereocenters. The fraction of sp³-hybridized carbons (Fsp3) is 0.222. The zero-order valence-electron chi connectivity index (χ0n) is 6.76. The second-order valence-electron chi connectivity index (χ2n) is 2.48. The summed E-state index contributed by atoms with van der Waals surface area (Å²) in [5, 5.41) is 3.75. The van der Waals surface area contributed by atoms with Crippen molar-refractivity contribution in [1.82, 2.24) is 10.3 Å². The summed E-state index contributed by atoms with van der Waals surface area (Å²) in [6.45, 7) is 4.99. The Morgan fingerprint density at radius 2 is 2.50 bits per heavy atom. The van der Waals surface area contributed by atoms with Crippen molar-refractivity contribution in [3.63, 3.8) is 0 Å². The molecule has 2 nitrogen and oxygen atoms in total. The van der Waals surface area contributed by atoms with Gasteiger partial charge < -0.3 is 5.32 Å². The van der Waals surface area contributed by atoms with Crippen LogP contribution in [0.2, 0.25) is 0 Å². The Bertz CT molecular complexity index is 246. The fourth-order valence-electron chi connectivity index (χ4n) is 0.845. The average molecular weight is 183 g/mol. The van der Waals surface area contributed by atoms with Crippen LogP contribution < -0.4 is 5.32 Å². The fourth-order valence-corrected chi connectivity index (χ4v) is 0.940. The molecule has 0 aromatic carbocycles. The molecule has 0 bridgehead atoms. The minimum Gasteiger partial charge on any atom is -0.308 e. The van der Waals surface area contributed by atoms with E-state index in [1.807, 2.05) is 18.3 Å². The molecule has 0 spiro atoms. The van der Waals surface area contributed by atoms with Crippen LogP contribution in [0, 0.1) is 0 Å². The van der Waals surface area contributed by atoms with Crippen LogP contribution in [-0.4, -0.2) is 11.5 Å². The number of hydrogen-bond acceptors (Lipinski definition) is 2. The van der Waals surface area contributed by atoms with Crippen molar-refractivity contribution in [1.29, 1.82) is 0 Å². The van der Waals surface area contributed by atoms with Gasteiger partial charge in [-0.1, -0.05) is 24.2 Å². The van der Waals surface area contributed by atoms with Gasteiger partial charge in [0.2, 0.25) is 0 Å². The van der Waals surface area contributed by atoms with Crippen LogP contribution in [-0.2, 0) is 6.54 Å². The third kappa shape index (κ3) is 3.51. The lowest BCUT2D eigenvalue weighted by Gasteiger charge is -2.01. The molecule has 12 heavy (non-hydrogen) atoms. The standard InChI is InChI=1S/C9H11ClN2/c1-8(10)5-12-7-9-3-2-4-11-6-9/h2-4,6,12H,1,5,7H2. The number of aromatic nitrogens is 1. The molecule has 0 aliphatic heterocycles. The van der Waals surface area contributed by atoms with Crippen molar-refractivity contribution in [3.8, 4) is 0 Å². The van der Waals surface area contributed by atoms with E-state index in [1.165, 1.54) is 0 Å². The van der Waals surface area contributed by atoms with E-state index in [0.29, 0.717) is 11.6 Å². The minimum atomic E-state index is 0.624. The summed E-state index contributed by atoms with van der Waals surface area (Å²) < 4.78 is 0. The first-order valence-corrected chi connectivity index (χ1v) is 4.10. The van der Waals surface area contributed by atoms with Crippen molar-refractivity contribution in [2.75, 3.05) is 6.54 Å². The van der Waals surface area contributed by atoms with Gasteiger partial charge in [-0.2, -0.15) is 0 Å². The van der Waals surface area contributed by atoms with Crippen LogP contribution in [0.4, 0.5) is 0 Å². The number of hydrogen-bond donors (Lipinski definition) is 1. The lowest BCUT2D eigenvalue weighted by molar-refractivity contribution is 0.752. The van der Waals surface area contributed by atoms with Gasteiger partial charge in [0.25, 0.3) is 0 Å². The van der Waals surface area contributed by atoms with Crippen molar-refractivity contribution >= 4 is 11.6 Å². The van der Waals surface area contributed by atoms with E-state index in [1.54, 1.807) is 6.20 Å². The zero-order chi connectivity index (χ0) is 8.81. The molecule has 0 aliphatic rings. The summed E-state index contributed by atoms with van der Waals surface area (Å²) in [4.78, 5) is 3.99. The van der Waals surface area contributed by atoms with E-state index in [0.717, 1.165) is 12.1 Å². The zero-order valence-corrected chi connectivity index (χ0v) is 7.51. The molecule has 1 N–H and O–H groups in total. The average Bonchev–Trinajstić information content (AvgIpc) is 2.05. The second kappa shape index (κ2) is 4.91. The highest BCUT2D eigenvalue weighted by Gasteiger charge is 1.91. The Balaban J connectivity index is 2.29. The number of pyridine rings is 1. The van der Waals surface area contributed by atoms with Gasteiger partial charge in [-0.3, -0.25) is 4.98 Å². The maximum atomic E-state index is 5.57. The van der Waals surface area contributed by atoms with Gasteiger partial charge in [0.15, 0.2) is 0 Å². The first-order chi connectivity index (χ1) is 5.79. The maximum Gasteiger partial charge on any atom is 0.0312 e. The normalized spacial score (nSPS) is 9.75. The molecule has 1 rings (SSSR count). The Hall–Kier alpha value is -0.860. The van der Waals surface area contributed by atoms with Gasteiger partial charge in [-0.25, -0.2) is 0 Å². The first kappa shape index (κ1) is 9.23. The van der Waals surface area contributed by atoms with Crippen LogP contribution in [0.15, 0.2) is 36.1 Å². The largest absolute Gasteiger partial charge is 0.308 e. The van der Waals surface area contributed by atoms with Crippen LogP contribution >= 0.6 is 11.6 Å². The van der Waals surface area contributed by atoms with Gasteiger partial charge in [0.1, 0.15) is 0 Å². The summed E-state index contributed by atoms with van der Waals surface area (Å²) in [5.74, 6) is 0. The van der Waals surface area contributed by atoms with Crippen LogP contribution in [0.3, 0.4) is 0 Å². The molecule has 0 radical (unpaired) electrons. The van der Waals surface area contributed by atoms with Gasteiger partial charge in [0.05, 0.1) is 0 Å². The van der Waals surface area contributed by atoms with Crippen LogP contribution in [0.25, 0.3) is 0 Å². The molecule has 1 aromatic heterocycles. The highest BCUT2D eigenvalue weighted by molar-refractivity contribution is 6.29. The molecule has 0 aliphatic carbocycles. The van der Waals surface area contributed by atoms with Crippen molar-refractivity contribution in [2.24, 2.45) is 0 Å². The molecule has 0 saturated heterocycles. The quantitative estimate of drug-likeness (QED) is 0.770. The van der Waals surface area contributed by atoms with Gasteiger partial charge in [0, 0.05) is 30.5 Å². The molecule has 0 fully saturated rings. The van der Waals surface area contributed by atoms with Gasteiger partial charge in [-0.05, 0) is 11.6 Å². The summed E-state index contributed by atoms with van der Waals surface area (Å²) >= 11 is 5.57. The smallest absolute Gasteiger partial charge is 0.0312 e. The third-order valence-corrected chi connectivity index (χ3v) is 1.50. The summed E-state index contributed by atoms with van der Waals surface area (Å²) in [7, 11) is 0. The van der Waals surface area contributed by atoms with Crippen LogP contribution in [0.1, 0.15) is 5.56 Å². The van der Waals surface area contributed by atoms with Crippen LogP contribution in [0.5, 0.6) is 0 Å². The van der Waals surface area contributed by atoms with E-state index in [-0.39, 0.29) is 0 Å². The molecule has 1 aromatic rings. The predicted molar refractivity (Wildman–Crippen MR) is 50.9 cm³/mol. The molecule has 1 heterocycles. The molecular weight excluding hydrogens is 172 g/mol. The molecule has 3 heteroatoms. The van der Waals surface area contributed by atoms with E-state index in [9.17, 15) is 0 Å². The second-order valence-corrected chi connectivity index (χ2v) is 3.02. The van der Waals surface area contributed by atoms with Crippen molar-refractivity contribution < 1.29 is 0 Å². The monoisotopic (exact) mass is 182 g/mol. The summed E-state index contributed by atoms with van der Waals surface area (Å²) in [6, 6.07) is 3.92. The molecule has 0 amide bonds. The van der Waals surface area contributed by atoms with Crippen molar-refractivity contribution in [2.45, 2.75) is 6.54 Å². The Morgan fingerprint density at radius 1 is 1.67 bits per heavy atom. The number of nitrogens with zero attached hydrogens (tertiary/aromatic N) is 1. The minimum absolute atomic E-state index is 0.624. The van der Waals surface area contributed by atoms with E-state index >= 15 is 0 Å². The summed E-state index contributed by atoms with van der Waals surface area (Å²) in [6.07, 6.45) is 3.58. The lowest BCUT2D eigenvalue weighted by Crippen LogP contribution is -2.14. The number of rotatable bonds is 4. The van der Waals surface area contributed by atoms with E-state index in [2.05, 4.69) is 16.9 Å². The van der Waals surface area contributed by atoms with Gasteiger partial charge in [-0.15, -0.1) is 0 Å². The Morgan fingerprint density at radius 3 is 3.08 bits per heavy atom. The molecule has 0 saturated carbocycles. The molecule has 64 valence electrons. The highest BCUT2D eigenvalue weighted by Crippen LogP contribution is 1.96. The number of nitrogens with one attached hydrogen (secondary N) is 1. The Kier molecular flexibility index (Phi) is 3.77.